The van der Waals surface area contributed by atoms with Crippen LogP contribution in [0.3, 0.4) is 0 Å². The molecule has 9 heteroatoms. The summed E-state index contributed by atoms with van der Waals surface area (Å²) >= 11 is 0. The lowest BCUT2D eigenvalue weighted by atomic mass is 9.67. The van der Waals surface area contributed by atoms with E-state index in [9.17, 15) is 18.0 Å². The molecule has 0 atom stereocenters. The van der Waals surface area contributed by atoms with Gasteiger partial charge in [0.05, 0.1) is 25.3 Å². The maximum absolute atomic E-state index is 14.4. The van der Waals surface area contributed by atoms with Crippen LogP contribution in [0.5, 0.6) is 17.2 Å². The highest BCUT2D eigenvalue weighted by molar-refractivity contribution is 6.12. The Morgan fingerprint density at radius 1 is 0.774 bits per heavy atom. The first-order valence-electron chi connectivity index (χ1n) is 18.1. The molecule has 2 aliphatic carbocycles. The van der Waals surface area contributed by atoms with Crippen molar-refractivity contribution in [3.63, 3.8) is 0 Å². The summed E-state index contributed by atoms with van der Waals surface area (Å²) in [5.74, 6) is 1.51. The van der Waals surface area contributed by atoms with E-state index in [1.165, 1.54) is 16.7 Å². The summed E-state index contributed by atoms with van der Waals surface area (Å²) in [6.45, 7) is 0. The van der Waals surface area contributed by atoms with Crippen molar-refractivity contribution < 1.29 is 31.8 Å². The van der Waals surface area contributed by atoms with E-state index in [-0.39, 0.29) is 0 Å². The van der Waals surface area contributed by atoms with Crippen molar-refractivity contribution in [1.29, 1.82) is 0 Å². The van der Waals surface area contributed by atoms with E-state index in [1.807, 2.05) is 60.7 Å². The standard InChI is InChI=1S/C44H38F3NO5/c1-48-36-24-34-33(25-37(36)52-41(48)49)38-31-18-13-28(44(45,46)47)23-35(31)42(20-7-5-4-6-8-21-42)39(38)32-19-22-43(53-40(32)34,26-9-14-29(50-2)15-10-26)27-11-16-30(51-3)17-12-27/h9-19,22-25H,4-8,20-21H2,1-3H3. The molecule has 53 heavy (non-hydrogen) atoms. The molecule has 1 spiro atoms. The van der Waals surface area contributed by atoms with Gasteiger partial charge >= 0.3 is 11.9 Å². The Kier molecular flexibility index (Phi) is 7.59. The number of nitrogens with zero attached hydrogens (tertiary/aromatic N) is 1. The minimum atomic E-state index is -4.49. The highest BCUT2D eigenvalue weighted by atomic mass is 19.4. The molecule has 1 aliphatic heterocycles. The molecule has 5 aromatic carbocycles. The average Bonchev–Trinajstić information content (AvgIpc) is 3.61. The first-order chi connectivity index (χ1) is 25.6. The second-order valence-corrected chi connectivity index (χ2v) is 14.5. The van der Waals surface area contributed by atoms with Gasteiger partial charge in [0.15, 0.2) is 11.2 Å². The van der Waals surface area contributed by atoms with Crippen LogP contribution in [0, 0.1) is 0 Å². The minimum absolute atomic E-state index is 0.405. The number of alkyl halides is 3. The second-order valence-electron chi connectivity index (χ2n) is 14.5. The Labute approximate surface area is 304 Å². The third-order valence-corrected chi connectivity index (χ3v) is 11.8. The first-order valence-corrected chi connectivity index (χ1v) is 18.1. The third kappa shape index (κ3) is 4.96. The van der Waals surface area contributed by atoms with Crippen molar-refractivity contribution in [3.8, 4) is 28.4 Å². The van der Waals surface area contributed by atoms with Crippen molar-refractivity contribution in [2.45, 2.75) is 62.1 Å². The second kappa shape index (κ2) is 12.0. The maximum atomic E-state index is 14.4. The third-order valence-electron chi connectivity index (χ3n) is 11.8. The number of hydrogen-bond donors (Lipinski definition) is 0. The van der Waals surface area contributed by atoms with E-state index in [4.69, 9.17) is 18.6 Å². The monoisotopic (exact) mass is 717 g/mol. The van der Waals surface area contributed by atoms with Gasteiger partial charge in [0.25, 0.3) is 0 Å². The van der Waals surface area contributed by atoms with Crippen LogP contribution in [0.25, 0.3) is 39.1 Å². The lowest BCUT2D eigenvalue weighted by Gasteiger charge is -2.40. The number of fused-ring (bicyclic) bond motifs is 11. The summed E-state index contributed by atoms with van der Waals surface area (Å²) in [5.41, 5.74) is 4.50. The van der Waals surface area contributed by atoms with Crippen LogP contribution in [0.2, 0.25) is 0 Å². The molecule has 0 saturated heterocycles. The van der Waals surface area contributed by atoms with Crippen molar-refractivity contribution in [1.82, 2.24) is 4.57 Å². The van der Waals surface area contributed by atoms with Gasteiger partial charge in [-0.2, -0.15) is 13.2 Å². The smallest absolute Gasteiger partial charge is 0.419 e. The molecule has 0 amide bonds. The summed E-state index contributed by atoms with van der Waals surface area (Å²) in [6, 6.07) is 23.6. The number of aryl methyl sites for hydroxylation is 1. The zero-order chi connectivity index (χ0) is 36.7. The molecule has 270 valence electrons. The molecule has 1 saturated carbocycles. The molecule has 0 unspecified atom stereocenters. The molecule has 6 aromatic rings. The molecule has 2 heterocycles. The molecular formula is C44H38F3NO5. The lowest BCUT2D eigenvalue weighted by Crippen LogP contribution is -2.35. The Hall–Kier alpha value is -5.44. The number of halogens is 3. The Morgan fingerprint density at radius 3 is 2.00 bits per heavy atom. The molecule has 0 radical (unpaired) electrons. The van der Waals surface area contributed by atoms with Gasteiger partial charge < -0.3 is 18.6 Å². The van der Waals surface area contributed by atoms with Gasteiger partial charge in [-0.05, 0) is 95.1 Å². The van der Waals surface area contributed by atoms with Crippen molar-refractivity contribution in [2.75, 3.05) is 14.2 Å². The molecule has 3 aliphatic rings. The molecule has 0 N–H and O–H groups in total. The van der Waals surface area contributed by atoms with Crippen LogP contribution >= 0.6 is 0 Å². The molecule has 1 aromatic heterocycles. The topological polar surface area (TPSA) is 62.8 Å². The summed E-state index contributed by atoms with van der Waals surface area (Å²) in [6.07, 6.45) is 6.03. The van der Waals surface area contributed by atoms with E-state index in [0.717, 1.165) is 76.3 Å². The van der Waals surface area contributed by atoms with E-state index in [2.05, 4.69) is 12.2 Å². The van der Waals surface area contributed by atoms with E-state index in [0.29, 0.717) is 46.8 Å². The molecule has 9 rings (SSSR count). The van der Waals surface area contributed by atoms with Gasteiger partial charge in [-0.15, -0.1) is 0 Å². The SMILES string of the molecule is COc1ccc(C2(c3ccc(OC)cc3)C=Cc3c4c(c5cc6oc(=O)n(C)c6cc5c3O2)-c2ccc(C(F)(F)F)cc2C42CCCCCCC2)cc1. The van der Waals surface area contributed by atoms with Gasteiger partial charge in [-0.1, -0.05) is 68.5 Å². The normalized spacial score (nSPS) is 17.2. The van der Waals surface area contributed by atoms with Gasteiger partial charge in [0.1, 0.15) is 17.2 Å². The van der Waals surface area contributed by atoms with E-state index >= 15 is 0 Å². The predicted octanol–water partition coefficient (Wildman–Crippen LogP) is 10.7. The highest BCUT2D eigenvalue weighted by Gasteiger charge is 2.49. The number of benzene rings is 5. The lowest BCUT2D eigenvalue weighted by molar-refractivity contribution is -0.137. The molecule has 0 bridgehead atoms. The van der Waals surface area contributed by atoms with Crippen molar-refractivity contribution in [3.05, 3.63) is 129 Å². The Morgan fingerprint density at radius 2 is 1.40 bits per heavy atom. The highest BCUT2D eigenvalue weighted by Crippen LogP contribution is 2.62. The summed E-state index contributed by atoms with van der Waals surface area (Å²) in [4.78, 5) is 12.9. The van der Waals surface area contributed by atoms with Gasteiger partial charge in [-0.25, -0.2) is 4.79 Å². The summed E-state index contributed by atoms with van der Waals surface area (Å²) in [7, 11) is 4.91. The van der Waals surface area contributed by atoms with Gasteiger partial charge in [-0.3, -0.25) is 4.57 Å². The fourth-order valence-electron chi connectivity index (χ4n) is 9.19. The van der Waals surface area contributed by atoms with Crippen LogP contribution in [-0.2, 0) is 24.2 Å². The summed E-state index contributed by atoms with van der Waals surface area (Å²) < 4.78 is 69.0. The van der Waals surface area contributed by atoms with Crippen LogP contribution in [-0.4, -0.2) is 18.8 Å². The maximum Gasteiger partial charge on any atom is 0.419 e. The average molecular weight is 718 g/mol. The fraction of sp³-hybridized carbons (Fsp3) is 0.295. The molecule has 1 fully saturated rings. The van der Waals surface area contributed by atoms with Crippen molar-refractivity contribution in [2.24, 2.45) is 7.05 Å². The van der Waals surface area contributed by atoms with Crippen LogP contribution in [0.4, 0.5) is 13.2 Å². The van der Waals surface area contributed by atoms with E-state index in [1.54, 1.807) is 27.3 Å². The Balaban J connectivity index is 1.40. The number of oxazole rings is 1. The number of rotatable bonds is 4. The summed E-state index contributed by atoms with van der Waals surface area (Å²) in [5, 5.41) is 1.52. The zero-order valence-corrected chi connectivity index (χ0v) is 29.7. The number of methoxy groups -OCH3 is 2. The Bertz CT molecular complexity index is 2450. The predicted molar refractivity (Wildman–Crippen MR) is 199 cm³/mol. The minimum Gasteiger partial charge on any atom is -0.497 e. The van der Waals surface area contributed by atoms with Crippen molar-refractivity contribution >= 4 is 27.9 Å². The van der Waals surface area contributed by atoms with Gasteiger partial charge in [0, 0.05) is 34.5 Å². The first kappa shape index (κ1) is 33.4. The van der Waals surface area contributed by atoms with Crippen LogP contribution in [0.1, 0.15) is 78.3 Å². The number of aromatic nitrogens is 1. The van der Waals surface area contributed by atoms with Gasteiger partial charge in [0.2, 0.25) is 0 Å². The molecule has 6 nitrogen and oxygen atoms in total. The largest absolute Gasteiger partial charge is 0.497 e. The number of hydrogen-bond acceptors (Lipinski definition) is 5. The van der Waals surface area contributed by atoms with Crippen LogP contribution < -0.4 is 20.0 Å². The number of ether oxygens (including phenoxy) is 3. The zero-order valence-electron chi connectivity index (χ0n) is 29.7. The fourth-order valence-corrected chi connectivity index (χ4v) is 9.19. The van der Waals surface area contributed by atoms with Crippen LogP contribution in [0.15, 0.2) is 94.2 Å². The quantitative estimate of drug-likeness (QED) is 0.182. The molecular weight excluding hydrogens is 679 g/mol. The van der Waals surface area contributed by atoms with E-state index < -0.39 is 28.5 Å².